The zero-order chi connectivity index (χ0) is 13.5. The van der Waals surface area contributed by atoms with Crippen molar-refractivity contribution in [2.75, 3.05) is 26.7 Å². The minimum Gasteiger partial charge on any atom is -0.317 e. The molecule has 0 fully saturated rings. The number of thiazole rings is 1. The summed E-state index contributed by atoms with van der Waals surface area (Å²) in [7, 11) is 2.06. The first-order valence-corrected chi connectivity index (χ1v) is 7.74. The van der Waals surface area contributed by atoms with Gasteiger partial charge in [0.25, 0.3) is 0 Å². The SMILES string of the molecule is CCN(CC)CCC(Cc1nc(C)c(C)s1)NC. The third kappa shape index (κ3) is 4.67. The number of aryl methyl sites for hydroxylation is 2. The second-order valence-electron chi connectivity index (χ2n) is 4.75. The molecule has 3 nitrogen and oxygen atoms in total. The van der Waals surface area contributed by atoms with Crippen LogP contribution in [-0.2, 0) is 6.42 Å². The maximum atomic E-state index is 4.63. The summed E-state index contributed by atoms with van der Waals surface area (Å²) in [6.45, 7) is 12.2. The third-order valence-corrected chi connectivity index (χ3v) is 4.69. The van der Waals surface area contributed by atoms with Crippen LogP contribution in [0.5, 0.6) is 0 Å². The van der Waals surface area contributed by atoms with Crippen molar-refractivity contribution in [2.45, 2.75) is 46.6 Å². The number of rotatable bonds is 8. The van der Waals surface area contributed by atoms with E-state index in [4.69, 9.17) is 0 Å². The lowest BCUT2D eigenvalue weighted by Gasteiger charge is -2.22. The summed E-state index contributed by atoms with van der Waals surface area (Å²) < 4.78 is 0. The number of hydrogen-bond acceptors (Lipinski definition) is 4. The van der Waals surface area contributed by atoms with Gasteiger partial charge < -0.3 is 10.2 Å². The molecule has 0 spiro atoms. The highest BCUT2D eigenvalue weighted by molar-refractivity contribution is 7.11. The largest absolute Gasteiger partial charge is 0.317 e. The zero-order valence-electron chi connectivity index (χ0n) is 12.4. The summed E-state index contributed by atoms with van der Waals surface area (Å²) in [6, 6.07) is 0.538. The summed E-state index contributed by atoms with van der Waals surface area (Å²) in [4.78, 5) is 8.46. The number of aromatic nitrogens is 1. The van der Waals surface area contributed by atoms with Crippen molar-refractivity contribution in [1.29, 1.82) is 0 Å². The van der Waals surface area contributed by atoms with Crippen LogP contribution in [0.15, 0.2) is 0 Å². The van der Waals surface area contributed by atoms with Gasteiger partial charge in [-0.1, -0.05) is 13.8 Å². The van der Waals surface area contributed by atoms with E-state index in [2.05, 4.69) is 49.9 Å². The lowest BCUT2D eigenvalue weighted by molar-refractivity contribution is 0.283. The van der Waals surface area contributed by atoms with Gasteiger partial charge in [-0.2, -0.15) is 0 Å². The van der Waals surface area contributed by atoms with Crippen molar-refractivity contribution in [2.24, 2.45) is 0 Å². The minimum absolute atomic E-state index is 0.538. The van der Waals surface area contributed by atoms with Crippen LogP contribution in [-0.4, -0.2) is 42.6 Å². The molecule has 0 aromatic carbocycles. The molecule has 0 radical (unpaired) electrons. The van der Waals surface area contributed by atoms with Crippen LogP contribution >= 0.6 is 11.3 Å². The van der Waals surface area contributed by atoms with Gasteiger partial charge in [0.2, 0.25) is 0 Å². The first-order chi connectivity index (χ1) is 8.60. The van der Waals surface area contributed by atoms with Gasteiger partial charge in [0.15, 0.2) is 0 Å². The molecular weight excluding hydrogens is 242 g/mol. The Morgan fingerprint density at radius 2 is 1.94 bits per heavy atom. The first-order valence-electron chi connectivity index (χ1n) is 6.93. The molecule has 1 aromatic rings. The Kier molecular flexibility index (Phi) is 6.82. The van der Waals surface area contributed by atoms with Gasteiger partial charge in [-0.25, -0.2) is 4.98 Å². The molecule has 0 bridgehead atoms. The minimum atomic E-state index is 0.538. The van der Waals surface area contributed by atoms with Gasteiger partial charge in [-0.15, -0.1) is 11.3 Å². The average Bonchev–Trinajstić information content (AvgIpc) is 2.68. The Bertz CT molecular complexity index is 325. The highest BCUT2D eigenvalue weighted by Gasteiger charge is 2.12. The fourth-order valence-electron chi connectivity index (χ4n) is 2.06. The molecule has 1 aromatic heterocycles. The van der Waals surface area contributed by atoms with Crippen LogP contribution in [0, 0.1) is 13.8 Å². The summed E-state index contributed by atoms with van der Waals surface area (Å²) in [5.41, 5.74) is 1.19. The normalized spacial score (nSPS) is 13.2. The van der Waals surface area contributed by atoms with Gasteiger partial charge in [0.05, 0.1) is 10.7 Å². The van der Waals surface area contributed by atoms with Crippen LogP contribution in [0.4, 0.5) is 0 Å². The standard InChI is InChI=1S/C14H27N3S/c1-6-17(7-2)9-8-13(15-5)10-14-16-11(3)12(4)18-14/h13,15H,6-10H2,1-5H3. The highest BCUT2D eigenvalue weighted by atomic mass is 32.1. The monoisotopic (exact) mass is 269 g/mol. The van der Waals surface area contributed by atoms with E-state index in [0.717, 1.165) is 19.5 Å². The highest BCUT2D eigenvalue weighted by Crippen LogP contribution is 2.18. The smallest absolute Gasteiger partial charge is 0.0946 e. The van der Waals surface area contributed by atoms with Crippen LogP contribution < -0.4 is 5.32 Å². The van der Waals surface area contributed by atoms with Crippen molar-refractivity contribution < 1.29 is 0 Å². The molecule has 4 heteroatoms. The number of likely N-dealkylation sites (N-methyl/N-ethyl adjacent to an activating group) is 1. The zero-order valence-corrected chi connectivity index (χ0v) is 13.2. The van der Waals surface area contributed by atoms with Gasteiger partial charge in [-0.3, -0.25) is 0 Å². The van der Waals surface area contributed by atoms with Crippen molar-refractivity contribution in [3.05, 3.63) is 15.6 Å². The molecule has 0 saturated heterocycles. The quantitative estimate of drug-likeness (QED) is 0.786. The molecule has 1 N–H and O–H groups in total. The maximum absolute atomic E-state index is 4.63. The lowest BCUT2D eigenvalue weighted by atomic mass is 10.1. The molecular formula is C14H27N3S. The van der Waals surface area contributed by atoms with E-state index in [1.165, 1.54) is 28.5 Å². The molecule has 1 rings (SSSR count). The molecule has 0 aliphatic heterocycles. The Labute approximate surface area is 116 Å². The molecule has 0 aliphatic carbocycles. The molecule has 1 unspecified atom stereocenters. The van der Waals surface area contributed by atoms with Crippen LogP contribution in [0.1, 0.15) is 35.8 Å². The summed E-state index contributed by atoms with van der Waals surface area (Å²) >= 11 is 1.84. The molecule has 1 heterocycles. The molecule has 0 saturated carbocycles. The van der Waals surface area contributed by atoms with Gasteiger partial charge in [0.1, 0.15) is 0 Å². The second-order valence-corrected chi connectivity index (χ2v) is 6.04. The van der Waals surface area contributed by atoms with Crippen LogP contribution in [0.2, 0.25) is 0 Å². The predicted octanol–water partition coefficient (Wildman–Crippen LogP) is 2.62. The van der Waals surface area contributed by atoms with E-state index in [1.54, 1.807) is 0 Å². The number of nitrogens with zero attached hydrogens (tertiary/aromatic N) is 2. The number of nitrogens with one attached hydrogen (secondary N) is 1. The van der Waals surface area contributed by atoms with E-state index in [9.17, 15) is 0 Å². The van der Waals surface area contributed by atoms with Gasteiger partial charge in [-0.05, 0) is 47.0 Å². The van der Waals surface area contributed by atoms with E-state index in [-0.39, 0.29) is 0 Å². The molecule has 18 heavy (non-hydrogen) atoms. The summed E-state index contributed by atoms with van der Waals surface area (Å²) in [6.07, 6.45) is 2.24. The number of hydrogen-bond donors (Lipinski definition) is 1. The van der Waals surface area contributed by atoms with Gasteiger partial charge >= 0.3 is 0 Å². The first kappa shape index (κ1) is 15.6. The molecule has 104 valence electrons. The van der Waals surface area contributed by atoms with Gasteiger partial charge in [0, 0.05) is 17.3 Å². The molecule has 0 amide bonds. The van der Waals surface area contributed by atoms with Crippen molar-refractivity contribution in [3.63, 3.8) is 0 Å². The lowest BCUT2D eigenvalue weighted by Crippen LogP contribution is -2.33. The van der Waals surface area contributed by atoms with Crippen molar-refractivity contribution in [3.8, 4) is 0 Å². The Balaban J connectivity index is 2.46. The fourth-order valence-corrected chi connectivity index (χ4v) is 3.08. The van der Waals surface area contributed by atoms with Crippen LogP contribution in [0.25, 0.3) is 0 Å². The van der Waals surface area contributed by atoms with Crippen LogP contribution in [0.3, 0.4) is 0 Å². The molecule has 0 aliphatic rings. The summed E-state index contributed by atoms with van der Waals surface area (Å²) in [5.74, 6) is 0. The topological polar surface area (TPSA) is 28.2 Å². The van der Waals surface area contributed by atoms with E-state index in [0.29, 0.717) is 6.04 Å². The molecule has 1 atom stereocenters. The van der Waals surface area contributed by atoms with E-state index in [1.807, 2.05) is 11.3 Å². The average molecular weight is 269 g/mol. The van der Waals surface area contributed by atoms with E-state index < -0.39 is 0 Å². The maximum Gasteiger partial charge on any atom is 0.0946 e. The Morgan fingerprint density at radius 1 is 1.28 bits per heavy atom. The fraction of sp³-hybridized carbons (Fsp3) is 0.786. The summed E-state index contributed by atoms with van der Waals surface area (Å²) in [5, 5.41) is 4.69. The van der Waals surface area contributed by atoms with Crippen molar-refractivity contribution >= 4 is 11.3 Å². The van der Waals surface area contributed by atoms with E-state index >= 15 is 0 Å². The third-order valence-electron chi connectivity index (χ3n) is 3.59. The Hall–Kier alpha value is -0.450. The second kappa shape index (κ2) is 7.87. The van der Waals surface area contributed by atoms with Crippen molar-refractivity contribution in [1.82, 2.24) is 15.2 Å². The predicted molar refractivity (Wildman–Crippen MR) is 80.5 cm³/mol. The Morgan fingerprint density at radius 3 is 2.39 bits per heavy atom.